The van der Waals surface area contributed by atoms with Crippen molar-refractivity contribution >= 4 is 22.9 Å². The van der Waals surface area contributed by atoms with Gasteiger partial charge in [-0.2, -0.15) is 0 Å². The van der Waals surface area contributed by atoms with E-state index in [0.717, 1.165) is 40.4 Å². The van der Waals surface area contributed by atoms with Gasteiger partial charge in [-0.3, -0.25) is 14.9 Å². The maximum atomic E-state index is 11.7. The number of aromatic nitrogens is 1. The zero-order chi connectivity index (χ0) is 20.2. The zero-order valence-electron chi connectivity index (χ0n) is 16.6. The number of hydrogen-bond acceptors (Lipinski definition) is 6. The molecule has 2 aromatic rings. The third kappa shape index (κ3) is 5.01. The second-order valence-corrected chi connectivity index (χ2v) is 8.89. The van der Waals surface area contributed by atoms with Crippen LogP contribution in [0.15, 0.2) is 28.7 Å². The minimum Gasteiger partial charge on any atom is -0.493 e. The highest BCUT2D eigenvalue weighted by Gasteiger charge is 2.31. The highest BCUT2D eigenvalue weighted by atomic mass is 32.2. The molecule has 0 spiro atoms. The number of ether oxygens (including phenoxy) is 1. The van der Waals surface area contributed by atoms with Gasteiger partial charge in [0.15, 0.2) is 5.89 Å². The molecule has 1 aliphatic heterocycles. The molecule has 7 heteroatoms. The SMILES string of the molecule is Cc1oc(CCOc2ccc(CC3SC(=O)NC3=O)cc2)nc1C1CCCCC1. The number of imide groups is 1. The standard InChI is InChI=1S/C22H26N2O4S/c1-14-20(16-5-3-2-4-6-16)23-19(28-14)11-12-27-17-9-7-15(8-10-17)13-18-21(25)24-22(26)29-18/h7-10,16,18H,2-6,11-13H2,1H3,(H,24,25,26). The largest absolute Gasteiger partial charge is 0.493 e. The molecule has 1 aromatic heterocycles. The second-order valence-electron chi connectivity index (χ2n) is 7.71. The third-order valence-corrected chi connectivity index (χ3v) is 6.55. The minimum absolute atomic E-state index is 0.214. The first-order chi connectivity index (χ1) is 14.1. The van der Waals surface area contributed by atoms with Gasteiger partial charge in [-0.25, -0.2) is 4.98 Å². The van der Waals surface area contributed by atoms with E-state index < -0.39 is 0 Å². The summed E-state index contributed by atoms with van der Waals surface area (Å²) in [5.41, 5.74) is 2.14. The summed E-state index contributed by atoms with van der Waals surface area (Å²) in [6.07, 6.45) is 7.49. The summed E-state index contributed by atoms with van der Waals surface area (Å²) in [5.74, 6) is 2.79. The number of hydrogen-bond donors (Lipinski definition) is 1. The summed E-state index contributed by atoms with van der Waals surface area (Å²) < 4.78 is 11.7. The molecule has 29 heavy (non-hydrogen) atoms. The van der Waals surface area contributed by atoms with E-state index in [1.165, 1.54) is 32.1 Å². The normalized spacial score (nSPS) is 20.1. The van der Waals surface area contributed by atoms with Crippen LogP contribution in [0.25, 0.3) is 0 Å². The number of amides is 2. The zero-order valence-corrected chi connectivity index (χ0v) is 17.4. The van der Waals surface area contributed by atoms with Crippen molar-refractivity contribution in [3.63, 3.8) is 0 Å². The van der Waals surface area contributed by atoms with Crippen LogP contribution in [0.5, 0.6) is 5.75 Å². The molecule has 1 atom stereocenters. The second kappa shape index (κ2) is 9.03. The molecule has 0 radical (unpaired) electrons. The molecule has 6 nitrogen and oxygen atoms in total. The molecular weight excluding hydrogens is 388 g/mol. The topological polar surface area (TPSA) is 81.4 Å². The molecule has 1 aliphatic carbocycles. The smallest absolute Gasteiger partial charge is 0.286 e. The summed E-state index contributed by atoms with van der Waals surface area (Å²) in [7, 11) is 0. The molecule has 1 saturated heterocycles. The molecule has 2 fully saturated rings. The summed E-state index contributed by atoms with van der Waals surface area (Å²) in [5, 5.41) is 1.70. The van der Waals surface area contributed by atoms with E-state index >= 15 is 0 Å². The van der Waals surface area contributed by atoms with Gasteiger partial charge >= 0.3 is 0 Å². The molecule has 2 aliphatic rings. The summed E-state index contributed by atoms with van der Waals surface area (Å²) >= 11 is 1.05. The van der Waals surface area contributed by atoms with Gasteiger partial charge in [-0.05, 0) is 43.9 Å². The van der Waals surface area contributed by atoms with Crippen LogP contribution in [-0.2, 0) is 17.6 Å². The van der Waals surface area contributed by atoms with Gasteiger partial charge in [0.2, 0.25) is 5.91 Å². The minimum atomic E-state index is -0.346. The Morgan fingerprint density at radius 2 is 1.93 bits per heavy atom. The van der Waals surface area contributed by atoms with Gasteiger partial charge in [0, 0.05) is 5.92 Å². The van der Waals surface area contributed by atoms with Crippen molar-refractivity contribution in [2.45, 2.75) is 63.0 Å². The quantitative estimate of drug-likeness (QED) is 0.716. The Labute approximate surface area is 174 Å². The average molecular weight is 415 g/mol. The van der Waals surface area contributed by atoms with E-state index in [2.05, 4.69) is 5.32 Å². The predicted octanol–water partition coefficient (Wildman–Crippen LogP) is 4.55. The van der Waals surface area contributed by atoms with E-state index in [9.17, 15) is 9.59 Å². The van der Waals surface area contributed by atoms with Gasteiger partial charge in [0.1, 0.15) is 11.5 Å². The molecule has 0 bridgehead atoms. The van der Waals surface area contributed by atoms with Crippen LogP contribution in [0.3, 0.4) is 0 Å². The first-order valence-electron chi connectivity index (χ1n) is 10.3. The Hall–Kier alpha value is -2.28. The van der Waals surface area contributed by atoms with Crippen LogP contribution < -0.4 is 10.1 Å². The fourth-order valence-electron chi connectivity index (χ4n) is 4.05. The predicted molar refractivity (Wildman–Crippen MR) is 111 cm³/mol. The third-order valence-electron chi connectivity index (χ3n) is 5.56. The molecule has 1 aromatic carbocycles. The Morgan fingerprint density at radius 3 is 2.62 bits per heavy atom. The van der Waals surface area contributed by atoms with Crippen molar-refractivity contribution in [1.29, 1.82) is 0 Å². The molecule has 1 saturated carbocycles. The number of nitrogens with one attached hydrogen (secondary N) is 1. The fourth-order valence-corrected chi connectivity index (χ4v) is 4.91. The fraction of sp³-hybridized carbons (Fsp3) is 0.500. The van der Waals surface area contributed by atoms with E-state index in [0.29, 0.717) is 25.4 Å². The summed E-state index contributed by atoms with van der Waals surface area (Å²) in [6, 6.07) is 7.65. The molecule has 1 N–H and O–H groups in total. The lowest BCUT2D eigenvalue weighted by Crippen LogP contribution is -2.25. The molecule has 2 amide bonds. The molecule has 4 rings (SSSR count). The van der Waals surface area contributed by atoms with E-state index in [1.807, 2.05) is 31.2 Å². The summed E-state index contributed by atoms with van der Waals surface area (Å²) in [6.45, 7) is 2.51. The molecular formula is C22H26N2O4S. The maximum Gasteiger partial charge on any atom is 0.286 e. The van der Waals surface area contributed by atoms with Crippen molar-refractivity contribution in [3.8, 4) is 5.75 Å². The molecule has 154 valence electrons. The Balaban J connectivity index is 1.26. The van der Waals surface area contributed by atoms with Gasteiger partial charge in [0.25, 0.3) is 5.24 Å². The number of rotatable bonds is 7. The highest BCUT2D eigenvalue weighted by molar-refractivity contribution is 8.15. The van der Waals surface area contributed by atoms with Crippen molar-refractivity contribution in [3.05, 3.63) is 47.2 Å². The van der Waals surface area contributed by atoms with Crippen LogP contribution in [-0.4, -0.2) is 28.0 Å². The number of benzene rings is 1. The van der Waals surface area contributed by atoms with E-state index in [1.54, 1.807) is 0 Å². The summed E-state index contributed by atoms with van der Waals surface area (Å²) in [4.78, 5) is 27.7. The van der Waals surface area contributed by atoms with Crippen molar-refractivity contribution < 1.29 is 18.7 Å². The monoisotopic (exact) mass is 414 g/mol. The lowest BCUT2D eigenvalue weighted by molar-refractivity contribution is -0.118. The Kier molecular flexibility index (Phi) is 6.23. The number of nitrogens with zero attached hydrogens (tertiary/aromatic N) is 1. The lowest BCUT2D eigenvalue weighted by Gasteiger charge is -2.19. The molecule has 1 unspecified atom stereocenters. The number of carbonyl (C=O) groups excluding carboxylic acids is 2. The van der Waals surface area contributed by atoms with Crippen LogP contribution in [0.1, 0.15) is 60.9 Å². The number of oxazole rings is 1. The van der Waals surface area contributed by atoms with Crippen LogP contribution in [0, 0.1) is 6.92 Å². The van der Waals surface area contributed by atoms with Crippen LogP contribution >= 0.6 is 11.8 Å². The van der Waals surface area contributed by atoms with Gasteiger partial charge in [0.05, 0.1) is 24.0 Å². The number of carbonyl (C=O) groups is 2. The number of aryl methyl sites for hydroxylation is 1. The van der Waals surface area contributed by atoms with Crippen molar-refractivity contribution in [2.75, 3.05) is 6.61 Å². The van der Waals surface area contributed by atoms with Crippen LogP contribution in [0.2, 0.25) is 0 Å². The van der Waals surface area contributed by atoms with Gasteiger partial charge in [-0.15, -0.1) is 0 Å². The molecule has 2 heterocycles. The maximum absolute atomic E-state index is 11.7. The van der Waals surface area contributed by atoms with E-state index in [4.69, 9.17) is 14.1 Å². The van der Waals surface area contributed by atoms with Crippen molar-refractivity contribution in [2.24, 2.45) is 0 Å². The first-order valence-corrected chi connectivity index (χ1v) is 11.2. The average Bonchev–Trinajstić information content (AvgIpc) is 3.25. The van der Waals surface area contributed by atoms with Crippen LogP contribution in [0.4, 0.5) is 4.79 Å². The lowest BCUT2D eigenvalue weighted by atomic mass is 9.86. The Bertz CT molecular complexity index is 871. The van der Waals surface area contributed by atoms with Gasteiger partial charge in [-0.1, -0.05) is 43.2 Å². The van der Waals surface area contributed by atoms with Gasteiger partial charge < -0.3 is 9.15 Å². The van der Waals surface area contributed by atoms with Crippen molar-refractivity contribution in [1.82, 2.24) is 10.3 Å². The highest BCUT2D eigenvalue weighted by Crippen LogP contribution is 2.34. The Morgan fingerprint density at radius 1 is 1.17 bits per heavy atom. The number of thioether (sulfide) groups is 1. The van der Waals surface area contributed by atoms with E-state index in [-0.39, 0.29) is 16.4 Å². The first kappa shape index (κ1) is 20.0.